The number of halogens is 3. The van der Waals surface area contributed by atoms with Crippen molar-refractivity contribution in [1.82, 2.24) is 20.2 Å². The summed E-state index contributed by atoms with van der Waals surface area (Å²) in [6.45, 7) is 3.01. The maximum atomic E-state index is 12.8. The first-order chi connectivity index (χ1) is 16.3. The second kappa shape index (κ2) is 10.6. The van der Waals surface area contributed by atoms with Crippen LogP contribution in [0.3, 0.4) is 0 Å². The molecular weight excluding hydrogens is 445 g/mol. The van der Waals surface area contributed by atoms with Crippen molar-refractivity contribution in [3.8, 4) is 0 Å². The molecule has 1 amide bonds. The Bertz CT molecular complexity index is 935. The molecule has 2 aromatic rings. The summed E-state index contributed by atoms with van der Waals surface area (Å²) in [4.78, 5) is 25.1. The molecule has 1 aromatic heterocycles. The van der Waals surface area contributed by atoms with Crippen molar-refractivity contribution in [1.29, 1.82) is 0 Å². The van der Waals surface area contributed by atoms with Gasteiger partial charge in [-0.15, -0.1) is 0 Å². The number of carbonyl (C=O) groups is 1. The fourth-order valence-corrected chi connectivity index (χ4v) is 4.43. The zero-order valence-corrected chi connectivity index (χ0v) is 19.3. The summed E-state index contributed by atoms with van der Waals surface area (Å²) in [7, 11) is 2.08. The van der Waals surface area contributed by atoms with Gasteiger partial charge in [0, 0.05) is 31.2 Å². The summed E-state index contributed by atoms with van der Waals surface area (Å²) >= 11 is 0. The molecule has 7 nitrogen and oxygen atoms in total. The van der Waals surface area contributed by atoms with Crippen LogP contribution in [0.15, 0.2) is 36.7 Å². The Kier molecular flexibility index (Phi) is 7.55. The summed E-state index contributed by atoms with van der Waals surface area (Å²) in [5.41, 5.74) is 2.56. The highest BCUT2D eigenvalue weighted by atomic mass is 19.4. The number of rotatable bonds is 6. The molecule has 2 fully saturated rings. The van der Waals surface area contributed by atoms with Crippen LogP contribution in [0.5, 0.6) is 0 Å². The van der Waals surface area contributed by atoms with Gasteiger partial charge in [-0.2, -0.15) is 13.2 Å². The Morgan fingerprint density at radius 2 is 1.59 bits per heavy atom. The molecule has 4 rings (SSSR count). The van der Waals surface area contributed by atoms with E-state index in [4.69, 9.17) is 0 Å². The summed E-state index contributed by atoms with van der Waals surface area (Å²) in [5.74, 6) is -0.580. The van der Waals surface area contributed by atoms with E-state index in [-0.39, 0.29) is 24.7 Å². The van der Waals surface area contributed by atoms with E-state index >= 15 is 0 Å². The number of alkyl halides is 3. The molecule has 10 heteroatoms. The SMILES string of the molecule is CN1CCC(C(=O)NCc2ccc(Nc3cnc(N4CCC(C(F)(F)F)CC4)nc3)cc2)CC1. The average molecular weight is 477 g/mol. The van der Waals surface area contributed by atoms with Crippen molar-refractivity contribution in [2.45, 2.75) is 38.4 Å². The van der Waals surface area contributed by atoms with Gasteiger partial charge in [0.15, 0.2) is 0 Å². The first-order valence-corrected chi connectivity index (χ1v) is 11.7. The standard InChI is InChI=1S/C24H31F3N6O/c1-32-10-6-18(7-11-32)22(34)28-14-17-2-4-20(5-3-17)31-21-15-29-23(30-16-21)33-12-8-19(9-13-33)24(25,26)27/h2-5,15-16,18-19,31H,6-14H2,1H3,(H,28,34). The van der Waals surface area contributed by atoms with Crippen LogP contribution in [0.25, 0.3) is 0 Å². The third kappa shape index (κ3) is 6.37. The van der Waals surface area contributed by atoms with Gasteiger partial charge in [0.2, 0.25) is 11.9 Å². The van der Waals surface area contributed by atoms with E-state index in [0.29, 0.717) is 31.3 Å². The van der Waals surface area contributed by atoms with Gasteiger partial charge < -0.3 is 20.4 Å². The van der Waals surface area contributed by atoms with Crippen molar-refractivity contribution in [3.63, 3.8) is 0 Å². The van der Waals surface area contributed by atoms with Crippen LogP contribution < -0.4 is 15.5 Å². The molecule has 1 aromatic carbocycles. The highest BCUT2D eigenvalue weighted by molar-refractivity contribution is 5.78. The van der Waals surface area contributed by atoms with Crippen LogP contribution in [0.4, 0.5) is 30.5 Å². The minimum absolute atomic E-state index is 0.0671. The molecule has 0 unspecified atom stereocenters. The number of piperidine rings is 2. The lowest BCUT2D eigenvalue weighted by molar-refractivity contribution is -0.179. The van der Waals surface area contributed by atoms with Gasteiger partial charge in [0.05, 0.1) is 24.0 Å². The molecule has 0 spiro atoms. The second-order valence-electron chi connectivity index (χ2n) is 9.19. The number of anilines is 3. The van der Waals surface area contributed by atoms with Gasteiger partial charge in [-0.25, -0.2) is 9.97 Å². The molecule has 2 aliphatic heterocycles. The molecule has 0 aliphatic carbocycles. The number of hydrogen-bond donors (Lipinski definition) is 2. The number of hydrogen-bond acceptors (Lipinski definition) is 6. The molecule has 3 heterocycles. The van der Waals surface area contributed by atoms with Crippen LogP contribution in [-0.4, -0.2) is 60.2 Å². The Labute approximate surface area is 197 Å². The van der Waals surface area contributed by atoms with Crippen molar-refractivity contribution in [2.75, 3.05) is 43.4 Å². The van der Waals surface area contributed by atoms with E-state index in [0.717, 1.165) is 37.2 Å². The minimum atomic E-state index is -4.13. The first-order valence-electron chi connectivity index (χ1n) is 11.7. The summed E-state index contributed by atoms with van der Waals surface area (Å²) in [6.07, 6.45) is 1.07. The van der Waals surface area contributed by atoms with Gasteiger partial charge >= 0.3 is 6.18 Å². The van der Waals surface area contributed by atoms with Crippen molar-refractivity contribution < 1.29 is 18.0 Å². The number of carbonyl (C=O) groups excluding carboxylic acids is 1. The largest absolute Gasteiger partial charge is 0.391 e. The molecule has 184 valence electrons. The Balaban J connectivity index is 1.24. The Morgan fingerprint density at radius 1 is 0.971 bits per heavy atom. The lowest BCUT2D eigenvalue weighted by Gasteiger charge is -2.32. The molecule has 34 heavy (non-hydrogen) atoms. The van der Waals surface area contributed by atoms with E-state index in [1.165, 1.54) is 0 Å². The predicted molar refractivity (Wildman–Crippen MR) is 125 cm³/mol. The molecule has 0 bridgehead atoms. The van der Waals surface area contributed by atoms with Crippen LogP contribution in [-0.2, 0) is 11.3 Å². The normalized spacial score (nSPS) is 18.6. The van der Waals surface area contributed by atoms with E-state index in [1.54, 1.807) is 17.3 Å². The maximum Gasteiger partial charge on any atom is 0.391 e. The molecular formula is C24H31F3N6O. The topological polar surface area (TPSA) is 73.4 Å². The highest BCUT2D eigenvalue weighted by Crippen LogP contribution is 2.34. The molecule has 0 saturated carbocycles. The third-order valence-electron chi connectivity index (χ3n) is 6.68. The zero-order valence-electron chi connectivity index (χ0n) is 19.3. The number of nitrogens with zero attached hydrogens (tertiary/aromatic N) is 4. The third-order valence-corrected chi connectivity index (χ3v) is 6.68. The number of amides is 1. The Hall–Kier alpha value is -2.88. The summed E-state index contributed by atoms with van der Waals surface area (Å²) in [6, 6.07) is 7.76. The fourth-order valence-electron chi connectivity index (χ4n) is 4.43. The number of aromatic nitrogens is 2. The van der Waals surface area contributed by atoms with Crippen molar-refractivity contribution >= 4 is 23.2 Å². The van der Waals surface area contributed by atoms with Crippen LogP contribution in [0.1, 0.15) is 31.2 Å². The van der Waals surface area contributed by atoms with Gasteiger partial charge in [-0.1, -0.05) is 12.1 Å². The zero-order chi connectivity index (χ0) is 24.1. The van der Waals surface area contributed by atoms with Gasteiger partial charge in [0.1, 0.15) is 0 Å². The molecule has 2 N–H and O–H groups in total. The smallest absolute Gasteiger partial charge is 0.353 e. The van der Waals surface area contributed by atoms with Crippen LogP contribution in [0, 0.1) is 11.8 Å². The lowest BCUT2D eigenvalue weighted by atomic mass is 9.96. The Morgan fingerprint density at radius 3 is 2.18 bits per heavy atom. The summed E-state index contributed by atoms with van der Waals surface area (Å²) < 4.78 is 38.5. The minimum Gasteiger partial charge on any atom is -0.353 e. The van der Waals surface area contributed by atoms with Gasteiger partial charge in [-0.05, 0) is 63.5 Å². The number of benzene rings is 1. The van der Waals surface area contributed by atoms with E-state index < -0.39 is 12.1 Å². The molecule has 2 aliphatic rings. The quantitative estimate of drug-likeness (QED) is 0.658. The van der Waals surface area contributed by atoms with E-state index in [9.17, 15) is 18.0 Å². The van der Waals surface area contributed by atoms with Crippen molar-refractivity contribution in [3.05, 3.63) is 42.2 Å². The van der Waals surface area contributed by atoms with E-state index in [1.807, 2.05) is 24.3 Å². The summed E-state index contributed by atoms with van der Waals surface area (Å²) in [5, 5.41) is 6.26. The predicted octanol–water partition coefficient (Wildman–Crippen LogP) is 3.96. The highest BCUT2D eigenvalue weighted by Gasteiger charge is 2.41. The maximum absolute atomic E-state index is 12.8. The second-order valence-corrected chi connectivity index (χ2v) is 9.19. The fraction of sp³-hybridized carbons (Fsp3) is 0.542. The van der Waals surface area contributed by atoms with Crippen LogP contribution >= 0.6 is 0 Å². The average Bonchev–Trinajstić information content (AvgIpc) is 2.84. The lowest BCUT2D eigenvalue weighted by Crippen LogP contribution is -2.39. The van der Waals surface area contributed by atoms with Crippen molar-refractivity contribution in [2.24, 2.45) is 11.8 Å². The van der Waals surface area contributed by atoms with Gasteiger partial charge in [-0.3, -0.25) is 4.79 Å². The molecule has 0 radical (unpaired) electrons. The number of likely N-dealkylation sites (tertiary alicyclic amines) is 1. The van der Waals surface area contributed by atoms with Gasteiger partial charge in [0.25, 0.3) is 0 Å². The van der Waals surface area contributed by atoms with E-state index in [2.05, 4.69) is 32.5 Å². The molecule has 0 atom stereocenters. The number of nitrogens with one attached hydrogen (secondary N) is 2. The first kappa shape index (κ1) is 24.3. The molecule has 2 saturated heterocycles. The monoisotopic (exact) mass is 476 g/mol. The van der Waals surface area contributed by atoms with Crippen LogP contribution in [0.2, 0.25) is 0 Å².